The van der Waals surface area contributed by atoms with Crippen molar-refractivity contribution in [1.29, 1.82) is 0 Å². The molecule has 1 saturated heterocycles. The molecule has 0 atom stereocenters. The minimum Gasteiger partial charge on any atom is -0.491 e. The van der Waals surface area contributed by atoms with Gasteiger partial charge in [-0.1, -0.05) is 0 Å². The number of hydrogen-bond donors (Lipinski definition) is 1. The number of hydrogen-bond acceptors (Lipinski definition) is 6. The lowest BCUT2D eigenvalue weighted by Crippen LogP contribution is -2.36. The predicted molar refractivity (Wildman–Crippen MR) is 98.0 cm³/mol. The second kappa shape index (κ2) is 7.05. The lowest BCUT2D eigenvalue weighted by molar-refractivity contribution is 0.0998. The molecule has 3 heterocycles. The van der Waals surface area contributed by atoms with Gasteiger partial charge in [-0.2, -0.15) is 0 Å². The van der Waals surface area contributed by atoms with Crippen molar-refractivity contribution >= 4 is 28.3 Å². The SMILES string of the molecule is COc1c(N2CCOCC2)ccc2cc(C(=O)Nc3ccncc3)oc12. The number of pyridine rings is 1. The molecule has 0 aliphatic carbocycles. The quantitative estimate of drug-likeness (QED) is 0.777. The minimum absolute atomic E-state index is 0.231. The summed E-state index contributed by atoms with van der Waals surface area (Å²) in [7, 11) is 1.61. The number of ether oxygens (including phenoxy) is 2. The number of nitrogens with one attached hydrogen (secondary N) is 1. The first kappa shape index (κ1) is 16.4. The fraction of sp³-hybridized carbons (Fsp3) is 0.263. The maximum atomic E-state index is 12.5. The van der Waals surface area contributed by atoms with E-state index in [2.05, 4.69) is 15.2 Å². The average molecular weight is 353 g/mol. The molecule has 1 fully saturated rings. The summed E-state index contributed by atoms with van der Waals surface area (Å²) >= 11 is 0. The average Bonchev–Trinajstić information content (AvgIpc) is 3.13. The van der Waals surface area contributed by atoms with Gasteiger partial charge in [-0.25, -0.2) is 0 Å². The summed E-state index contributed by atoms with van der Waals surface area (Å²) in [5, 5.41) is 3.61. The third-order valence-electron chi connectivity index (χ3n) is 4.34. The first-order chi connectivity index (χ1) is 12.8. The van der Waals surface area contributed by atoms with E-state index in [-0.39, 0.29) is 11.7 Å². The number of benzene rings is 1. The first-order valence-electron chi connectivity index (χ1n) is 8.41. The van der Waals surface area contributed by atoms with E-state index in [9.17, 15) is 4.79 Å². The van der Waals surface area contributed by atoms with Crippen molar-refractivity contribution in [2.75, 3.05) is 43.6 Å². The van der Waals surface area contributed by atoms with E-state index < -0.39 is 0 Å². The van der Waals surface area contributed by atoms with E-state index in [1.165, 1.54) is 0 Å². The van der Waals surface area contributed by atoms with Crippen LogP contribution in [0.4, 0.5) is 11.4 Å². The predicted octanol–water partition coefficient (Wildman–Crippen LogP) is 2.93. The molecule has 4 rings (SSSR count). The number of methoxy groups -OCH3 is 1. The Morgan fingerprint density at radius 3 is 2.69 bits per heavy atom. The van der Waals surface area contributed by atoms with Crippen LogP contribution < -0.4 is 15.0 Å². The molecule has 0 saturated carbocycles. The summed E-state index contributed by atoms with van der Waals surface area (Å²) in [5.41, 5.74) is 2.17. The van der Waals surface area contributed by atoms with Crippen molar-refractivity contribution in [2.45, 2.75) is 0 Å². The molecule has 1 aliphatic heterocycles. The molecule has 3 aromatic rings. The molecule has 2 aromatic heterocycles. The number of amides is 1. The zero-order chi connectivity index (χ0) is 17.9. The van der Waals surface area contributed by atoms with Gasteiger partial charge in [-0.05, 0) is 30.3 Å². The molecule has 7 nitrogen and oxygen atoms in total. The van der Waals surface area contributed by atoms with Crippen molar-refractivity contribution in [3.05, 3.63) is 48.5 Å². The monoisotopic (exact) mass is 353 g/mol. The molecule has 1 N–H and O–H groups in total. The van der Waals surface area contributed by atoms with Crippen molar-refractivity contribution in [3.63, 3.8) is 0 Å². The third kappa shape index (κ3) is 3.09. The van der Waals surface area contributed by atoms with E-state index in [4.69, 9.17) is 13.9 Å². The number of rotatable bonds is 4. The summed E-state index contributed by atoms with van der Waals surface area (Å²) < 4.78 is 16.9. The summed E-state index contributed by atoms with van der Waals surface area (Å²) in [4.78, 5) is 18.6. The van der Waals surface area contributed by atoms with Crippen LogP contribution in [0.5, 0.6) is 5.75 Å². The van der Waals surface area contributed by atoms with Gasteiger partial charge in [0.15, 0.2) is 17.1 Å². The Hall–Kier alpha value is -3.06. The van der Waals surface area contributed by atoms with Crippen molar-refractivity contribution in [2.24, 2.45) is 0 Å². The van der Waals surface area contributed by atoms with Crippen LogP contribution in [-0.2, 0) is 4.74 Å². The number of furan rings is 1. The second-order valence-electron chi connectivity index (χ2n) is 5.94. The molecule has 0 radical (unpaired) electrons. The van der Waals surface area contributed by atoms with Crippen LogP contribution in [0, 0.1) is 0 Å². The van der Waals surface area contributed by atoms with Crippen LogP contribution in [-0.4, -0.2) is 44.3 Å². The zero-order valence-electron chi connectivity index (χ0n) is 14.4. The molecule has 1 aromatic carbocycles. The maximum absolute atomic E-state index is 12.5. The first-order valence-corrected chi connectivity index (χ1v) is 8.41. The summed E-state index contributed by atoms with van der Waals surface area (Å²) in [6, 6.07) is 9.09. The van der Waals surface area contributed by atoms with Crippen LogP contribution in [0.15, 0.2) is 47.1 Å². The molecular formula is C19H19N3O4. The number of carbonyl (C=O) groups is 1. The number of fused-ring (bicyclic) bond motifs is 1. The Morgan fingerprint density at radius 1 is 1.19 bits per heavy atom. The molecule has 1 amide bonds. The molecule has 7 heteroatoms. The van der Waals surface area contributed by atoms with E-state index in [0.717, 1.165) is 24.2 Å². The molecule has 1 aliphatic rings. The van der Waals surface area contributed by atoms with Crippen molar-refractivity contribution in [1.82, 2.24) is 4.98 Å². The molecular weight excluding hydrogens is 334 g/mol. The Balaban J connectivity index is 1.67. The molecule has 0 bridgehead atoms. The lowest BCUT2D eigenvalue weighted by atomic mass is 10.2. The highest BCUT2D eigenvalue weighted by Crippen LogP contribution is 2.38. The number of aromatic nitrogens is 1. The summed E-state index contributed by atoms with van der Waals surface area (Å²) in [6.45, 7) is 2.94. The van der Waals surface area contributed by atoms with Gasteiger partial charge in [0.05, 0.1) is 26.0 Å². The molecule has 134 valence electrons. The highest BCUT2D eigenvalue weighted by atomic mass is 16.5. The van der Waals surface area contributed by atoms with Crippen LogP contribution in [0.25, 0.3) is 11.0 Å². The Bertz CT molecular complexity index is 917. The van der Waals surface area contributed by atoms with Gasteiger partial charge < -0.3 is 24.1 Å². The number of nitrogens with zero attached hydrogens (tertiary/aromatic N) is 2. The van der Waals surface area contributed by atoms with Crippen LogP contribution in [0.3, 0.4) is 0 Å². The zero-order valence-corrected chi connectivity index (χ0v) is 14.4. The van der Waals surface area contributed by atoms with E-state index in [0.29, 0.717) is 30.2 Å². The molecule has 0 unspecified atom stereocenters. The smallest absolute Gasteiger partial charge is 0.291 e. The van der Waals surface area contributed by atoms with Gasteiger partial charge in [0.2, 0.25) is 0 Å². The highest BCUT2D eigenvalue weighted by molar-refractivity contribution is 6.05. The fourth-order valence-corrected chi connectivity index (χ4v) is 3.06. The number of morpholine rings is 1. The van der Waals surface area contributed by atoms with Gasteiger partial charge >= 0.3 is 0 Å². The van der Waals surface area contributed by atoms with Crippen molar-refractivity contribution in [3.8, 4) is 5.75 Å². The highest BCUT2D eigenvalue weighted by Gasteiger charge is 2.21. The third-order valence-corrected chi connectivity index (χ3v) is 4.34. The van der Waals surface area contributed by atoms with Gasteiger partial charge in [0.25, 0.3) is 5.91 Å². The second-order valence-corrected chi connectivity index (χ2v) is 5.94. The Kier molecular flexibility index (Phi) is 4.45. The summed E-state index contributed by atoms with van der Waals surface area (Å²) in [5.74, 6) is 0.545. The van der Waals surface area contributed by atoms with Gasteiger partial charge in [0.1, 0.15) is 0 Å². The van der Waals surface area contributed by atoms with Gasteiger partial charge in [-0.15, -0.1) is 0 Å². The van der Waals surface area contributed by atoms with Crippen molar-refractivity contribution < 1.29 is 18.7 Å². The largest absolute Gasteiger partial charge is 0.491 e. The standard InChI is InChI=1S/C19H19N3O4/c1-24-18-15(22-8-10-25-11-9-22)3-2-13-12-16(26-17(13)18)19(23)21-14-4-6-20-7-5-14/h2-7,12H,8-11H2,1H3,(H,20,21,23). The van der Waals surface area contributed by atoms with Gasteiger partial charge in [0, 0.05) is 36.6 Å². The summed E-state index contributed by atoms with van der Waals surface area (Å²) in [6.07, 6.45) is 3.23. The van der Waals surface area contributed by atoms with Crippen LogP contribution in [0.1, 0.15) is 10.6 Å². The van der Waals surface area contributed by atoms with E-state index >= 15 is 0 Å². The fourth-order valence-electron chi connectivity index (χ4n) is 3.06. The van der Waals surface area contributed by atoms with Gasteiger partial charge in [-0.3, -0.25) is 9.78 Å². The topological polar surface area (TPSA) is 76.8 Å². The van der Waals surface area contributed by atoms with Crippen LogP contribution >= 0.6 is 0 Å². The lowest BCUT2D eigenvalue weighted by Gasteiger charge is -2.29. The number of carbonyl (C=O) groups excluding carboxylic acids is 1. The Labute approximate surface area is 150 Å². The Morgan fingerprint density at radius 2 is 1.96 bits per heavy atom. The normalized spacial score (nSPS) is 14.4. The number of anilines is 2. The van der Waals surface area contributed by atoms with E-state index in [1.807, 2.05) is 12.1 Å². The minimum atomic E-state index is -0.317. The van der Waals surface area contributed by atoms with E-state index in [1.54, 1.807) is 37.7 Å². The maximum Gasteiger partial charge on any atom is 0.291 e. The molecule has 0 spiro atoms. The molecule has 26 heavy (non-hydrogen) atoms. The van der Waals surface area contributed by atoms with Crippen LogP contribution in [0.2, 0.25) is 0 Å².